The van der Waals surface area contributed by atoms with E-state index in [0.29, 0.717) is 100 Å². The Morgan fingerprint density at radius 3 is 1.44 bits per heavy atom. The molecule has 1 aromatic carbocycles. The Kier molecular flexibility index (Phi) is 47.0. The van der Waals surface area contributed by atoms with Gasteiger partial charge in [-0.2, -0.15) is 0 Å². The molecule has 1 aromatic rings. The van der Waals surface area contributed by atoms with Crippen LogP contribution in [0.5, 0.6) is 0 Å². The molecule has 0 saturated carbocycles. The minimum atomic E-state index is -1.67. The number of aliphatic hydroxyl groups excluding tert-OH is 1. The fourth-order valence-corrected chi connectivity index (χ4v) is 15.7. The topological polar surface area (TPSA) is 616 Å². The number of nitrogens with one attached hydrogen (secondary N) is 9. The number of hydrogen-bond acceptors (Lipinski definition) is 28. The lowest BCUT2D eigenvalue weighted by Gasteiger charge is -2.33. The van der Waals surface area contributed by atoms with Crippen molar-refractivity contribution in [1.82, 2.24) is 77.3 Å². The van der Waals surface area contributed by atoms with Gasteiger partial charge in [0.25, 0.3) is 11.8 Å². The van der Waals surface area contributed by atoms with E-state index in [2.05, 4.69) is 47.9 Å². The van der Waals surface area contributed by atoms with E-state index in [1.165, 1.54) is 16.7 Å². The number of hydrogen-bond donors (Lipinski definition) is 16. The van der Waals surface area contributed by atoms with Crippen molar-refractivity contribution in [2.75, 3.05) is 162 Å². The standard InChI is InChI=1S/C77H119N17O26S2/c1-3-4-14-51(83-60(98)20-19-59(97)80-22-10-35-118-37-39-120-40-38-119-36-11-23-81-62(100)43-89-27-29-90(44-64(103)104)31-33-92(46-66(107)108)34-32-91(30-28-89)45-65(105)106)71(111)87-55(76(116)94-26-9-16-57(94)77(117)93-25-8-15-56(93)69(79)109)48-122-68-67(74(114)88-75(68)115)121-47-54(70(110)82-24-21-63(101)102)86-73(113)53(42-50-12-6-5-7-13-50)85-72(112)52(17-18-58(78)96)84-61(99)41-49(2)95/h5-7,12-13,49,51-57,95H,3-4,8-11,14-48H2,1-2H3,(H2,78,96)(H2,79,109)(H,80,97)(H,81,100)(H,82,110)(H,83,98)(H,84,99)(H,85,112)(H,86,113)(H,87,111)(H,101,102)(H,103,104)(H,105,106)(H,107,108)(H,88,114,115)/t49-,51+,52+,53+,54+,55+,56+,57+/m1/s1. The number of aliphatic hydroxyl groups is 1. The number of ether oxygens (including phenoxy) is 3. The zero-order valence-electron chi connectivity index (χ0n) is 69.0. The summed E-state index contributed by atoms with van der Waals surface area (Å²) in [4.78, 5) is 246. The summed E-state index contributed by atoms with van der Waals surface area (Å²) in [5, 5.41) is 70.7. The van der Waals surface area contributed by atoms with E-state index in [1.807, 2.05) is 11.8 Å². The molecule has 18 N–H and O–H groups in total. The highest BCUT2D eigenvalue weighted by Crippen LogP contribution is 2.34. The molecule has 0 unspecified atom stereocenters. The summed E-state index contributed by atoms with van der Waals surface area (Å²) in [5.74, 6) is -16.5. The van der Waals surface area contributed by atoms with Crippen molar-refractivity contribution in [3.63, 3.8) is 0 Å². The normalized spacial score (nSPS) is 17.8. The first kappa shape index (κ1) is 103. The summed E-state index contributed by atoms with van der Waals surface area (Å²) in [6.07, 6.45) is -0.648. The number of thioether (sulfide) groups is 2. The van der Waals surface area contributed by atoms with Gasteiger partial charge in [0.1, 0.15) is 42.3 Å². The van der Waals surface area contributed by atoms with Gasteiger partial charge in [-0.3, -0.25) is 111 Å². The van der Waals surface area contributed by atoms with Gasteiger partial charge in [-0.1, -0.05) is 50.1 Å². The number of nitrogens with two attached hydrogens (primary N) is 2. The van der Waals surface area contributed by atoms with Gasteiger partial charge in [0.05, 0.1) is 81.4 Å². The van der Waals surface area contributed by atoms with Gasteiger partial charge in [0, 0.05) is 135 Å². The highest BCUT2D eigenvalue weighted by molar-refractivity contribution is 8.08. The third-order valence-corrected chi connectivity index (χ3v) is 22.2. The van der Waals surface area contributed by atoms with Crippen molar-refractivity contribution in [2.24, 2.45) is 11.5 Å². The van der Waals surface area contributed by atoms with E-state index >= 15 is 4.79 Å². The number of aliphatic carboxylic acids is 4. The number of carboxylic acid groups (broad SMARTS) is 4. The quantitative estimate of drug-likeness (QED) is 0.0214. The number of amides is 14. The largest absolute Gasteiger partial charge is 0.481 e. The van der Waals surface area contributed by atoms with E-state index in [-0.39, 0.29) is 179 Å². The molecule has 4 aliphatic heterocycles. The monoisotopic (exact) mass is 1760 g/mol. The van der Waals surface area contributed by atoms with Crippen LogP contribution in [0.25, 0.3) is 0 Å². The number of carbonyl (C=O) groups excluding carboxylic acids is 14. The third kappa shape index (κ3) is 39.5. The molecule has 0 radical (unpaired) electrons. The van der Waals surface area contributed by atoms with E-state index in [1.54, 1.807) is 45.0 Å². The Morgan fingerprint density at radius 2 is 0.934 bits per heavy atom. The number of unbranched alkanes of at least 4 members (excludes halogenated alkanes) is 1. The molecule has 0 aliphatic carbocycles. The summed E-state index contributed by atoms with van der Waals surface area (Å²) in [7, 11) is 0. The van der Waals surface area contributed by atoms with Gasteiger partial charge in [0.15, 0.2) is 0 Å². The van der Waals surface area contributed by atoms with Gasteiger partial charge in [-0.05, 0) is 63.9 Å². The molecular weight excluding hydrogens is 1640 g/mol. The number of rotatable bonds is 56. The van der Waals surface area contributed by atoms with Crippen LogP contribution in [-0.4, -0.2) is 372 Å². The molecule has 45 heteroatoms. The molecule has 8 atom stereocenters. The molecule has 680 valence electrons. The van der Waals surface area contributed by atoms with E-state index in [0.717, 1.165) is 0 Å². The van der Waals surface area contributed by atoms with Crippen LogP contribution in [0.1, 0.15) is 116 Å². The molecule has 0 spiro atoms. The van der Waals surface area contributed by atoms with Gasteiger partial charge >= 0.3 is 23.9 Å². The van der Waals surface area contributed by atoms with Crippen LogP contribution in [0.3, 0.4) is 0 Å². The molecule has 14 amide bonds. The second-order valence-electron chi connectivity index (χ2n) is 29.6. The minimum absolute atomic E-state index is 0.00363. The van der Waals surface area contributed by atoms with Crippen LogP contribution in [0.2, 0.25) is 0 Å². The molecule has 0 aromatic heterocycles. The maximum absolute atomic E-state index is 15.1. The van der Waals surface area contributed by atoms with Gasteiger partial charge in [-0.25, -0.2) is 0 Å². The number of carboxylic acids is 4. The number of benzene rings is 1. The summed E-state index contributed by atoms with van der Waals surface area (Å²) in [6, 6.07) is -1.44. The van der Waals surface area contributed by atoms with Gasteiger partial charge < -0.3 is 104 Å². The summed E-state index contributed by atoms with van der Waals surface area (Å²) < 4.78 is 16.9. The lowest BCUT2D eigenvalue weighted by atomic mass is 10.0. The Labute approximate surface area is 714 Å². The van der Waals surface area contributed by atoms with E-state index in [4.69, 9.17) is 25.7 Å². The second-order valence-corrected chi connectivity index (χ2v) is 31.7. The van der Waals surface area contributed by atoms with Crippen molar-refractivity contribution >= 4 is 130 Å². The highest BCUT2D eigenvalue weighted by Gasteiger charge is 2.45. The Morgan fingerprint density at radius 1 is 0.475 bits per heavy atom. The van der Waals surface area contributed by atoms with Crippen molar-refractivity contribution in [3.05, 3.63) is 45.7 Å². The third-order valence-electron chi connectivity index (χ3n) is 19.7. The fourth-order valence-electron chi connectivity index (χ4n) is 13.4. The molecule has 0 bridgehead atoms. The first-order valence-corrected chi connectivity index (χ1v) is 42.8. The van der Waals surface area contributed by atoms with Gasteiger partial charge in [0.2, 0.25) is 70.9 Å². The highest BCUT2D eigenvalue weighted by atomic mass is 32.2. The molecule has 5 rings (SSSR count). The van der Waals surface area contributed by atoms with Gasteiger partial charge in [-0.15, -0.1) is 23.5 Å². The second kappa shape index (κ2) is 55.9. The SMILES string of the molecule is CCCC[C@H](NC(=O)CCC(=O)NCCCOCCOCCOCCCNC(=O)CN1CCN(CC(=O)O)CCN(CC(=O)O)CCN(CC(=O)O)CC1)C(=O)N[C@@H](CSC1=C(SC[C@H](NC(=O)[C@H](Cc2ccccc2)NC(=O)[C@H](CCC(N)=O)NC(=O)C[C@@H](C)O)C(=O)NCCC(=O)O)C(=O)NC1=O)C(=O)N1CCC[C@H]1C(=O)N1CCC[C@H]1C(N)=O. The summed E-state index contributed by atoms with van der Waals surface area (Å²) in [5.41, 5.74) is 11.5. The first-order valence-electron chi connectivity index (χ1n) is 40.8. The lowest BCUT2D eigenvalue weighted by molar-refractivity contribution is -0.147. The van der Waals surface area contributed by atoms with Crippen LogP contribution >= 0.6 is 23.5 Å². The molecule has 4 aliphatic rings. The predicted octanol–water partition coefficient (Wildman–Crippen LogP) is -5.41. The number of carbonyl (C=O) groups is 18. The van der Waals surface area contributed by atoms with Crippen molar-refractivity contribution in [1.29, 1.82) is 0 Å². The average Bonchev–Trinajstić information content (AvgIpc) is 1.65. The molecular formula is C77H119N17O26S2. The first-order chi connectivity index (χ1) is 58.2. The van der Waals surface area contributed by atoms with Crippen molar-refractivity contribution in [3.8, 4) is 0 Å². The molecule has 43 nitrogen and oxygen atoms in total. The minimum Gasteiger partial charge on any atom is -0.481 e. The van der Waals surface area contributed by atoms with Crippen LogP contribution in [-0.2, 0) is 107 Å². The molecule has 122 heavy (non-hydrogen) atoms. The average molecular weight is 1760 g/mol. The predicted molar refractivity (Wildman–Crippen MR) is 439 cm³/mol. The smallest absolute Gasteiger partial charge is 0.317 e. The zero-order valence-corrected chi connectivity index (χ0v) is 70.6. The molecule has 4 heterocycles. The lowest BCUT2D eigenvalue weighted by Crippen LogP contribution is -2.58. The van der Waals surface area contributed by atoms with Crippen molar-refractivity contribution < 1.29 is 126 Å². The summed E-state index contributed by atoms with van der Waals surface area (Å²) in [6.45, 7) is 6.17. The maximum Gasteiger partial charge on any atom is 0.317 e. The Bertz CT molecular complexity index is 3720. The van der Waals surface area contributed by atoms with Crippen molar-refractivity contribution in [2.45, 2.75) is 165 Å². The zero-order chi connectivity index (χ0) is 89.6. The van der Waals surface area contributed by atoms with Crippen LogP contribution in [0, 0.1) is 0 Å². The summed E-state index contributed by atoms with van der Waals surface area (Å²) >= 11 is 1.22. The molecule has 3 saturated heterocycles. The maximum atomic E-state index is 15.1. The number of primary amides is 2. The van der Waals surface area contributed by atoms with E-state index < -0.39 is 180 Å². The Balaban J connectivity index is 1.16. The Hall–Kier alpha value is -10.0. The van der Waals surface area contributed by atoms with Crippen LogP contribution < -0.4 is 59.3 Å². The van der Waals surface area contributed by atoms with Crippen LogP contribution in [0.15, 0.2) is 40.1 Å². The number of imide groups is 1. The fraction of sp³-hybridized carbons (Fsp3) is 0.662. The van der Waals surface area contributed by atoms with Crippen LogP contribution in [0.4, 0.5) is 0 Å². The number of likely N-dealkylation sites (tertiary alicyclic amines) is 2. The van der Waals surface area contributed by atoms with E-state index in [9.17, 15) is 107 Å². The number of nitrogens with zero attached hydrogens (tertiary/aromatic N) is 6. The molecule has 3 fully saturated rings.